The normalized spacial score (nSPS) is 12.3. The Bertz CT molecular complexity index is 726. The highest BCUT2D eigenvalue weighted by atomic mass is 32.2. The van der Waals surface area contributed by atoms with E-state index in [-0.39, 0.29) is 17.3 Å². The summed E-state index contributed by atoms with van der Waals surface area (Å²) in [6, 6.07) is 4.65. The third kappa shape index (κ3) is 3.89. The number of benzene rings is 1. The van der Waals surface area contributed by atoms with Gasteiger partial charge in [0, 0.05) is 13.5 Å². The van der Waals surface area contributed by atoms with E-state index in [1.165, 1.54) is 19.2 Å². The second-order valence-electron chi connectivity index (χ2n) is 5.42. The molecule has 0 amide bonds. The number of aromatic nitrogens is 2. The highest BCUT2D eigenvalue weighted by Gasteiger charge is 2.23. The summed E-state index contributed by atoms with van der Waals surface area (Å²) in [4.78, 5) is 4.18. The van der Waals surface area contributed by atoms with Crippen LogP contribution in [0.15, 0.2) is 33.7 Å². The molecule has 2 rings (SSSR count). The third-order valence-corrected chi connectivity index (χ3v) is 4.80. The molecule has 120 valence electrons. The standard InChI is InChI=1S/C14H18FN3O3S/c1-10(2)8-13-16-14(21-17-13)9-18(3)22(19,20)12-6-4-11(15)5-7-12/h4-7,10H,8-9H2,1-3H3. The minimum absolute atomic E-state index is 0.0123. The van der Waals surface area contributed by atoms with Crippen molar-refractivity contribution >= 4 is 10.0 Å². The van der Waals surface area contributed by atoms with Crippen molar-refractivity contribution in [3.63, 3.8) is 0 Å². The van der Waals surface area contributed by atoms with Crippen molar-refractivity contribution < 1.29 is 17.3 Å². The molecule has 0 spiro atoms. The Balaban J connectivity index is 2.12. The van der Waals surface area contributed by atoms with Crippen molar-refractivity contribution in [3.05, 3.63) is 41.8 Å². The van der Waals surface area contributed by atoms with Gasteiger partial charge in [-0.15, -0.1) is 0 Å². The largest absolute Gasteiger partial charge is 0.338 e. The highest BCUT2D eigenvalue weighted by molar-refractivity contribution is 7.89. The molecular weight excluding hydrogens is 309 g/mol. The molecule has 0 saturated carbocycles. The lowest BCUT2D eigenvalue weighted by Gasteiger charge is -2.14. The van der Waals surface area contributed by atoms with Crippen LogP contribution in [0.5, 0.6) is 0 Å². The van der Waals surface area contributed by atoms with Crippen LogP contribution in [0.3, 0.4) is 0 Å². The van der Waals surface area contributed by atoms with Gasteiger partial charge in [-0.3, -0.25) is 0 Å². The van der Waals surface area contributed by atoms with E-state index in [0.717, 1.165) is 16.4 Å². The van der Waals surface area contributed by atoms with E-state index in [0.29, 0.717) is 18.2 Å². The highest BCUT2D eigenvalue weighted by Crippen LogP contribution is 2.17. The molecule has 22 heavy (non-hydrogen) atoms. The van der Waals surface area contributed by atoms with Gasteiger partial charge in [0.1, 0.15) is 5.82 Å². The Morgan fingerprint density at radius 2 is 1.91 bits per heavy atom. The van der Waals surface area contributed by atoms with Crippen LogP contribution >= 0.6 is 0 Å². The molecule has 6 nitrogen and oxygen atoms in total. The maximum Gasteiger partial charge on any atom is 0.243 e. The van der Waals surface area contributed by atoms with Gasteiger partial charge in [0.05, 0.1) is 11.4 Å². The van der Waals surface area contributed by atoms with Crippen LogP contribution in [0.25, 0.3) is 0 Å². The van der Waals surface area contributed by atoms with Gasteiger partial charge in [0.25, 0.3) is 0 Å². The number of hydrogen-bond donors (Lipinski definition) is 0. The lowest BCUT2D eigenvalue weighted by Crippen LogP contribution is -2.26. The summed E-state index contributed by atoms with van der Waals surface area (Å²) in [6.07, 6.45) is 0.665. The second-order valence-corrected chi connectivity index (χ2v) is 7.46. The van der Waals surface area contributed by atoms with Crippen LogP contribution in [0.2, 0.25) is 0 Å². The molecule has 2 aromatic rings. The van der Waals surface area contributed by atoms with Crippen molar-refractivity contribution in [1.29, 1.82) is 0 Å². The van der Waals surface area contributed by atoms with Crippen LogP contribution in [-0.2, 0) is 23.0 Å². The molecule has 0 aliphatic rings. The molecule has 0 aliphatic heterocycles. The lowest BCUT2D eigenvalue weighted by atomic mass is 10.1. The first-order valence-electron chi connectivity index (χ1n) is 6.82. The quantitative estimate of drug-likeness (QED) is 0.813. The SMILES string of the molecule is CC(C)Cc1noc(CN(C)S(=O)(=O)c2ccc(F)cc2)n1. The maximum atomic E-state index is 12.9. The minimum Gasteiger partial charge on any atom is -0.338 e. The maximum absolute atomic E-state index is 12.9. The molecule has 1 aromatic carbocycles. The van der Waals surface area contributed by atoms with E-state index in [1.807, 2.05) is 13.8 Å². The predicted octanol–water partition coefficient (Wildman–Crippen LogP) is 2.23. The molecule has 8 heteroatoms. The van der Waals surface area contributed by atoms with Gasteiger partial charge in [-0.25, -0.2) is 12.8 Å². The Morgan fingerprint density at radius 3 is 2.50 bits per heavy atom. The minimum atomic E-state index is -3.73. The van der Waals surface area contributed by atoms with E-state index < -0.39 is 15.8 Å². The van der Waals surface area contributed by atoms with Gasteiger partial charge in [-0.05, 0) is 30.2 Å². The van der Waals surface area contributed by atoms with Gasteiger partial charge >= 0.3 is 0 Å². The van der Waals surface area contributed by atoms with Crippen molar-refractivity contribution in [3.8, 4) is 0 Å². The first-order valence-corrected chi connectivity index (χ1v) is 8.26. The summed E-state index contributed by atoms with van der Waals surface area (Å²) < 4.78 is 43.7. The molecule has 1 heterocycles. The number of sulfonamides is 1. The van der Waals surface area contributed by atoms with Crippen molar-refractivity contribution in [1.82, 2.24) is 14.4 Å². The van der Waals surface area contributed by atoms with Crippen LogP contribution in [0, 0.1) is 11.7 Å². The Morgan fingerprint density at radius 1 is 1.27 bits per heavy atom. The van der Waals surface area contributed by atoms with Crippen LogP contribution in [0.1, 0.15) is 25.6 Å². The zero-order chi connectivity index (χ0) is 16.3. The number of halogens is 1. The summed E-state index contributed by atoms with van der Waals surface area (Å²) in [6.45, 7) is 4.02. The number of nitrogens with zero attached hydrogens (tertiary/aromatic N) is 3. The molecule has 0 saturated heterocycles. The topological polar surface area (TPSA) is 76.3 Å². The monoisotopic (exact) mass is 327 g/mol. The fourth-order valence-corrected chi connectivity index (χ4v) is 2.98. The van der Waals surface area contributed by atoms with Crippen LogP contribution in [-0.4, -0.2) is 29.9 Å². The van der Waals surface area contributed by atoms with Crippen molar-refractivity contribution in [2.24, 2.45) is 5.92 Å². The zero-order valence-electron chi connectivity index (χ0n) is 12.7. The molecule has 0 fully saturated rings. The lowest BCUT2D eigenvalue weighted by molar-refractivity contribution is 0.333. The van der Waals surface area contributed by atoms with E-state index in [9.17, 15) is 12.8 Å². The van der Waals surface area contributed by atoms with E-state index >= 15 is 0 Å². The van der Waals surface area contributed by atoms with Gasteiger partial charge < -0.3 is 4.52 Å². The van der Waals surface area contributed by atoms with Crippen molar-refractivity contribution in [2.75, 3.05) is 7.05 Å². The summed E-state index contributed by atoms with van der Waals surface area (Å²) >= 11 is 0. The molecule has 0 N–H and O–H groups in total. The molecule has 0 unspecified atom stereocenters. The smallest absolute Gasteiger partial charge is 0.243 e. The predicted molar refractivity (Wildman–Crippen MR) is 77.9 cm³/mol. The molecule has 0 radical (unpaired) electrons. The summed E-state index contributed by atoms with van der Waals surface area (Å²) in [5.41, 5.74) is 0. The van der Waals surface area contributed by atoms with Crippen LogP contribution in [0.4, 0.5) is 4.39 Å². The van der Waals surface area contributed by atoms with Gasteiger partial charge in [-0.2, -0.15) is 9.29 Å². The van der Waals surface area contributed by atoms with Crippen LogP contribution < -0.4 is 0 Å². The summed E-state index contributed by atoms with van der Waals surface area (Å²) in [5, 5.41) is 3.82. The molecule has 0 atom stereocenters. The molecule has 0 bridgehead atoms. The average molecular weight is 327 g/mol. The number of rotatable bonds is 6. The summed E-state index contributed by atoms with van der Waals surface area (Å²) in [7, 11) is -2.32. The van der Waals surface area contributed by atoms with Gasteiger partial charge in [0.2, 0.25) is 15.9 Å². The first kappa shape index (κ1) is 16.6. The van der Waals surface area contributed by atoms with Gasteiger partial charge in [0.15, 0.2) is 5.82 Å². The fraction of sp³-hybridized carbons (Fsp3) is 0.429. The number of hydrogen-bond acceptors (Lipinski definition) is 5. The first-order chi connectivity index (χ1) is 10.3. The Kier molecular flexibility index (Phi) is 4.92. The van der Waals surface area contributed by atoms with E-state index in [4.69, 9.17) is 4.52 Å². The van der Waals surface area contributed by atoms with E-state index in [1.54, 1.807) is 0 Å². The third-order valence-electron chi connectivity index (χ3n) is 2.98. The molecular formula is C14H18FN3O3S. The molecule has 0 aliphatic carbocycles. The van der Waals surface area contributed by atoms with Crippen molar-refractivity contribution in [2.45, 2.75) is 31.7 Å². The fourth-order valence-electron chi connectivity index (χ4n) is 1.86. The Labute approximate surface area is 129 Å². The Hall–Kier alpha value is -1.80. The second kappa shape index (κ2) is 6.53. The molecule has 1 aromatic heterocycles. The van der Waals surface area contributed by atoms with Gasteiger partial charge in [-0.1, -0.05) is 19.0 Å². The summed E-state index contributed by atoms with van der Waals surface area (Å²) in [5.74, 6) is 0.671. The average Bonchev–Trinajstić information content (AvgIpc) is 2.85. The van der Waals surface area contributed by atoms with E-state index in [2.05, 4.69) is 10.1 Å². The zero-order valence-corrected chi connectivity index (χ0v) is 13.5.